The Morgan fingerprint density at radius 2 is 1.97 bits per heavy atom. The van der Waals surface area contributed by atoms with Gasteiger partial charge in [0.2, 0.25) is 0 Å². The van der Waals surface area contributed by atoms with Crippen LogP contribution in [0, 0.1) is 27.3 Å². The average Bonchev–Trinajstić information content (AvgIpc) is 2.83. The van der Waals surface area contributed by atoms with E-state index in [1.54, 1.807) is 30.3 Å². The molecule has 1 N–H and O–H groups in total. The molecular weight excluding hydrogens is 509 g/mol. The molecule has 0 spiro atoms. The van der Waals surface area contributed by atoms with Crippen LogP contribution in [0.1, 0.15) is 11.1 Å². The SMILES string of the molecule is COc1cc(/C=C(/C#N)C(=O)Nc2ccccc2F)c(Br)cc1OCc1cccc([N+](=O)[O-])c1. The van der Waals surface area contributed by atoms with Crippen molar-refractivity contribution in [3.8, 4) is 17.6 Å². The lowest BCUT2D eigenvalue weighted by Gasteiger charge is -2.13. The summed E-state index contributed by atoms with van der Waals surface area (Å²) in [4.78, 5) is 22.9. The normalized spacial score (nSPS) is 10.8. The first-order valence-corrected chi connectivity index (χ1v) is 10.5. The van der Waals surface area contributed by atoms with E-state index in [2.05, 4.69) is 21.2 Å². The zero-order valence-electron chi connectivity index (χ0n) is 17.7. The molecule has 0 aliphatic heterocycles. The Morgan fingerprint density at radius 3 is 2.65 bits per heavy atom. The van der Waals surface area contributed by atoms with Crippen LogP contribution in [0.3, 0.4) is 0 Å². The maximum absolute atomic E-state index is 13.8. The van der Waals surface area contributed by atoms with Crippen LogP contribution in [0.15, 0.2) is 70.7 Å². The number of halogens is 2. The summed E-state index contributed by atoms with van der Waals surface area (Å²) in [6.07, 6.45) is 1.33. The Balaban J connectivity index is 1.83. The van der Waals surface area contributed by atoms with Crippen molar-refractivity contribution in [2.75, 3.05) is 12.4 Å². The molecule has 10 heteroatoms. The van der Waals surface area contributed by atoms with Crippen LogP contribution >= 0.6 is 15.9 Å². The Labute approximate surface area is 202 Å². The van der Waals surface area contributed by atoms with Crippen molar-refractivity contribution < 1.29 is 23.6 Å². The number of carbonyl (C=O) groups is 1. The number of anilines is 1. The molecule has 0 bridgehead atoms. The van der Waals surface area contributed by atoms with E-state index in [0.717, 1.165) is 0 Å². The van der Waals surface area contributed by atoms with Crippen molar-refractivity contribution in [1.29, 1.82) is 5.26 Å². The van der Waals surface area contributed by atoms with Crippen molar-refractivity contribution in [2.24, 2.45) is 0 Å². The lowest BCUT2D eigenvalue weighted by atomic mass is 10.1. The van der Waals surface area contributed by atoms with Gasteiger partial charge in [-0.2, -0.15) is 5.26 Å². The number of methoxy groups -OCH3 is 1. The molecule has 0 aromatic heterocycles. The minimum Gasteiger partial charge on any atom is -0.493 e. The smallest absolute Gasteiger partial charge is 0.269 e. The second-order valence-corrected chi connectivity index (χ2v) is 7.70. The van der Waals surface area contributed by atoms with Gasteiger partial charge in [0, 0.05) is 16.6 Å². The Hall–Kier alpha value is -4.23. The van der Waals surface area contributed by atoms with E-state index in [0.29, 0.717) is 27.1 Å². The predicted octanol–water partition coefficient (Wildman–Crippen LogP) is 5.63. The van der Waals surface area contributed by atoms with Crippen molar-refractivity contribution >= 4 is 39.3 Å². The number of hydrogen-bond donors (Lipinski definition) is 1. The summed E-state index contributed by atoms with van der Waals surface area (Å²) < 4.78 is 25.4. The molecule has 1 amide bonds. The van der Waals surface area contributed by atoms with Crippen molar-refractivity contribution in [3.63, 3.8) is 0 Å². The molecule has 0 aliphatic rings. The number of nitrogens with one attached hydrogen (secondary N) is 1. The molecule has 0 unspecified atom stereocenters. The summed E-state index contributed by atoms with van der Waals surface area (Å²) in [6.45, 7) is 0.0498. The highest BCUT2D eigenvalue weighted by Crippen LogP contribution is 2.35. The van der Waals surface area contributed by atoms with Gasteiger partial charge in [0.1, 0.15) is 24.1 Å². The molecule has 0 heterocycles. The number of benzene rings is 3. The minimum atomic E-state index is -0.774. The fourth-order valence-electron chi connectivity index (χ4n) is 2.91. The number of carbonyl (C=O) groups excluding carboxylic acids is 1. The molecule has 0 fully saturated rings. The molecule has 3 aromatic carbocycles. The van der Waals surface area contributed by atoms with Crippen LogP contribution in [0.5, 0.6) is 11.5 Å². The quantitative estimate of drug-likeness (QED) is 0.176. The van der Waals surface area contributed by atoms with Gasteiger partial charge in [-0.05, 0) is 41.5 Å². The summed E-state index contributed by atoms with van der Waals surface area (Å²) in [5, 5.41) is 22.8. The van der Waals surface area contributed by atoms with Gasteiger partial charge in [0.15, 0.2) is 11.5 Å². The lowest BCUT2D eigenvalue weighted by molar-refractivity contribution is -0.384. The number of nitro benzene ring substituents is 1. The number of amides is 1. The molecule has 0 aliphatic carbocycles. The van der Waals surface area contributed by atoms with Crippen LogP contribution in [-0.2, 0) is 11.4 Å². The Morgan fingerprint density at radius 1 is 1.21 bits per heavy atom. The predicted molar refractivity (Wildman–Crippen MR) is 127 cm³/mol. The number of hydrogen-bond acceptors (Lipinski definition) is 6. The number of ether oxygens (including phenoxy) is 2. The van der Waals surface area contributed by atoms with Gasteiger partial charge < -0.3 is 14.8 Å². The second kappa shape index (κ2) is 11.1. The standard InChI is InChI=1S/C24H17BrFN3O5/c1-33-22-11-16(10-17(13-27)24(30)28-21-8-3-2-7-20(21)26)19(25)12-23(22)34-14-15-5-4-6-18(9-15)29(31)32/h2-12H,14H2,1H3,(H,28,30)/b17-10-. The molecule has 172 valence electrons. The van der Waals surface area contributed by atoms with Crippen LogP contribution < -0.4 is 14.8 Å². The van der Waals surface area contributed by atoms with E-state index < -0.39 is 16.6 Å². The fraction of sp³-hybridized carbons (Fsp3) is 0.0833. The van der Waals surface area contributed by atoms with Gasteiger partial charge in [-0.1, -0.05) is 40.2 Å². The summed E-state index contributed by atoms with van der Waals surface area (Å²) in [7, 11) is 1.42. The third kappa shape index (κ3) is 5.96. The van der Waals surface area contributed by atoms with Gasteiger partial charge in [-0.25, -0.2) is 4.39 Å². The van der Waals surface area contributed by atoms with E-state index in [9.17, 15) is 24.6 Å². The summed E-state index contributed by atoms with van der Waals surface area (Å²) >= 11 is 3.38. The van der Waals surface area contributed by atoms with E-state index in [4.69, 9.17) is 9.47 Å². The largest absolute Gasteiger partial charge is 0.493 e. The zero-order valence-corrected chi connectivity index (χ0v) is 19.3. The van der Waals surface area contributed by atoms with Gasteiger partial charge in [-0.15, -0.1) is 0 Å². The van der Waals surface area contributed by atoms with Crippen LogP contribution in [0.25, 0.3) is 6.08 Å². The second-order valence-electron chi connectivity index (χ2n) is 6.84. The van der Waals surface area contributed by atoms with E-state index in [1.807, 2.05) is 6.07 Å². The molecule has 0 saturated heterocycles. The first-order chi connectivity index (χ1) is 16.3. The molecule has 3 aromatic rings. The maximum atomic E-state index is 13.8. The summed E-state index contributed by atoms with van der Waals surface area (Å²) in [5.74, 6) is -0.746. The number of para-hydroxylation sites is 1. The van der Waals surface area contributed by atoms with Crippen LogP contribution in [0.4, 0.5) is 15.8 Å². The Kier molecular flexibility index (Phi) is 7.95. The first kappa shape index (κ1) is 24.4. The number of non-ortho nitro benzene ring substituents is 1. The van der Waals surface area contributed by atoms with Crippen molar-refractivity contribution in [1.82, 2.24) is 0 Å². The minimum absolute atomic E-state index is 0.0461. The topological polar surface area (TPSA) is 114 Å². The highest BCUT2D eigenvalue weighted by atomic mass is 79.9. The first-order valence-electron chi connectivity index (χ1n) is 9.73. The highest BCUT2D eigenvalue weighted by molar-refractivity contribution is 9.10. The van der Waals surface area contributed by atoms with Crippen molar-refractivity contribution in [3.05, 3.63) is 97.8 Å². The summed E-state index contributed by atoms with van der Waals surface area (Å²) in [5.41, 5.74) is 0.687. The van der Waals surface area contributed by atoms with Gasteiger partial charge in [0.25, 0.3) is 11.6 Å². The number of nitrogens with zero attached hydrogens (tertiary/aromatic N) is 2. The van der Waals surface area contributed by atoms with E-state index in [1.165, 1.54) is 43.5 Å². The van der Waals surface area contributed by atoms with Crippen LogP contribution in [0.2, 0.25) is 0 Å². The number of rotatable bonds is 8. The lowest BCUT2D eigenvalue weighted by Crippen LogP contribution is -2.14. The van der Waals surface area contributed by atoms with Gasteiger partial charge in [-0.3, -0.25) is 14.9 Å². The molecule has 3 rings (SSSR count). The van der Waals surface area contributed by atoms with E-state index in [-0.39, 0.29) is 23.6 Å². The monoisotopic (exact) mass is 525 g/mol. The number of nitro groups is 1. The fourth-order valence-corrected chi connectivity index (χ4v) is 3.35. The number of nitriles is 1. The molecule has 8 nitrogen and oxygen atoms in total. The van der Waals surface area contributed by atoms with Crippen LogP contribution in [-0.4, -0.2) is 17.9 Å². The highest BCUT2D eigenvalue weighted by Gasteiger charge is 2.15. The molecule has 0 saturated carbocycles. The molecule has 0 atom stereocenters. The molecule has 34 heavy (non-hydrogen) atoms. The van der Waals surface area contributed by atoms with Crippen molar-refractivity contribution in [2.45, 2.75) is 6.61 Å². The zero-order chi connectivity index (χ0) is 24.7. The Bertz CT molecular complexity index is 1320. The third-order valence-electron chi connectivity index (χ3n) is 4.59. The third-order valence-corrected chi connectivity index (χ3v) is 5.27. The van der Waals surface area contributed by atoms with Gasteiger partial charge in [0.05, 0.1) is 17.7 Å². The van der Waals surface area contributed by atoms with E-state index >= 15 is 0 Å². The summed E-state index contributed by atoms with van der Waals surface area (Å²) in [6, 6.07) is 16.6. The average molecular weight is 526 g/mol. The van der Waals surface area contributed by atoms with Gasteiger partial charge >= 0.3 is 0 Å². The maximum Gasteiger partial charge on any atom is 0.269 e. The molecule has 0 radical (unpaired) electrons. The molecular formula is C24H17BrFN3O5.